The van der Waals surface area contributed by atoms with Crippen molar-refractivity contribution < 1.29 is 14.4 Å². The number of amides is 3. The number of nitrogens with zero attached hydrogens (tertiary/aromatic N) is 1. The Morgan fingerprint density at radius 2 is 1.38 bits per heavy atom. The Kier molecular flexibility index (Phi) is 5.14. The van der Waals surface area contributed by atoms with Gasteiger partial charge in [-0.3, -0.25) is 19.3 Å². The lowest BCUT2D eigenvalue weighted by molar-refractivity contribution is -0.119. The quantitative estimate of drug-likeness (QED) is 0.648. The molecule has 1 aliphatic rings. The van der Waals surface area contributed by atoms with E-state index in [9.17, 15) is 14.4 Å². The third-order valence-electron chi connectivity index (χ3n) is 4.82. The summed E-state index contributed by atoms with van der Waals surface area (Å²) in [6.07, 6.45) is 0.214. The molecule has 0 bridgehead atoms. The number of halogens is 1. The molecule has 1 N–H and O–H groups in total. The molecule has 3 aromatic carbocycles. The van der Waals surface area contributed by atoms with Crippen LogP contribution in [-0.2, 0) is 11.2 Å². The zero-order valence-electron chi connectivity index (χ0n) is 15.3. The number of nitrogens with one attached hydrogen (secondary N) is 1. The van der Waals surface area contributed by atoms with Crippen molar-refractivity contribution in [2.24, 2.45) is 0 Å². The maximum absolute atomic E-state index is 13.1. The van der Waals surface area contributed by atoms with E-state index in [-0.39, 0.29) is 6.42 Å². The van der Waals surface area contributed by atoms with Gasteiger partial charge in [0, 0.05) is 17.1 Å². The van der Waals surface area contributed by atoms with Crippen molar-refractivity contribution in [1.82, 2.24) is 4.90 Å². The largest absolute Gasteiger partial charge is 0.324 e. The summed E-state index contributed by atoms with van der Waals surface area (Å²) in [5, 5.41) is 3.34. The fourth-order valence-corrected chi connectivity index (χ4v) is 3.51. The summed E-state index contributed by atoms with van der Waals surface area (Å²) in [5.74, 6) is -1.36. The highest BCUT2D eigenvalue weighted by molar-refractivity contribution is 6.30. The average molecular weight is 405 g/mol. The van der Waals surface area contributed by atoms with Crippen LogP contribution in [0, 0.1) is 0 Å². The Bertz CT molecular complexity index is 1050. The maximum Gasteiger partial charge on any atom is 0.262 e. The summed E-state index contributed by atoms with van der Waals surface area (Å²) in [4.78, 5) is 40.1. The van der Waals surface area contributed by atoms with Gasteiger partial charge in [-0.2, -0.15) is 0 Å². The van der Waals surface area contributed by atoms with E-state index in [0.717, 1.165) is 10.5 Å². The van der Waals surface area contributed by atoms with Crippen LogP contribution in [0.1, 0.15) is 26.3 Å². The molecule has 3 aromatic rings. The lowest BCUT2D eigenvalue weighted by Gasteiger charge is -2.25. The van der Waals surface area contributed by atoms with Crippen molar-refractivity contribution in [3.63, 3.8) is 0 Å². The van der Waals surface area contributed by atoms with Crippen LogP contribution >= 0.6 is 11.6 Å². The Balaban J connectivity index is 1.67. The van der Waals surface area contributed by atoms with Gasteiger partial charge in [0.1, 0.15) is 6.04 Å². The standard InChI is InChI=1S/C23H17ClN2O3/c24-16-10-12-17(13-11-16)25-21(27)20(14-15-6-2-1-3-7-15)26-22(28)18-8-4-5-9-19(18)23(26)29/h1-13,20H,14H2,(H,25,27). The third kappa shape index (κ3) is 3.77. The predicted octanol–water partition coefficient (Wildman–Crippen LogP) is 4.19. The summed E-state index contributed by atoms with van der Waals surface area (Å²) in [6.45, 7) is 0. The molecule has 1 heterocycles. The van der Waals surface area contributed by atoms with Gasteiger partial charge in [0.15, 0.2) is 0 Å². The number of hydrogen-bond acceptors (Lipinski definition) is 3. The fourth-order valence-electron chi connectivity index (χ4n) is 3.39. The van der Waals surface area contributed by atoms with E-state index < -0.39 is 23.8 Å². The molecule has 0 aliphatic carbocycles. The van der Waals surface area contributed by atoms with Crippen LogP contribution in [0.15, 0.2) is 78.9 Å². The van der Waals surface area contributed by atoms with Gasteiger partial charge in [-0.15, -0.1) is 0 Å². The summed E-state index contributed by atoms with van der Waals surface area (Å²) in [6, 6.07) is 21.6. The van der Waals surface area contributed by atoms with Gasteiger partial charge in [0.25, 0.3) is 11.8 Å². The minimum absolute atomic E-state index is 0.214. The van der Waals surface area contributed by atoms with Crippen molar-refractivity contribution in [2.75, 3.05) is 5.32 Å². The monoisotopic (exact) mass is 404 g/mol. The lowest BCUT2D eigenvalue weighted by Crippen LogP contribution is -2.48. The second-order valence-corrected chi connectivity index (χ2v) is 7.16. The average Bonchev–Trinajstić information content (AvgIpc) is 2.99. The number of anilines is 1. The van der Waals surface area contributed by atoms with E-state index >= 15 is 0 Å². The lowest BCUT2D eigenvalue weighted by atomic mass is 10.0. The van der Waals surface area contributed by atoms with Crippen LogP contribution in [0.2, 0.25) is 5.02 Å². The van der Waals surface area contributed by atoms with Crippen LogP contribution < -0.4 is 5.32 Å². The number of rotatable bonds is 5. The molecular formula is C23H17ClN2O3. The van der Waals surface area contributed by atoms with E-state index in [4.69, 9.17) is 11.6 Å². The molecule has 0 spiro atoms. The molecule has 6 heteroatoms. The Morgan fingerprint density at radius 3 is 1.97 bits per heavy atom. The van der Waals surface area contributed by atoms with Crippen LogP contribution in [0.25, 0.3) is 0 Å². The molecule has 4 rings (SSSR count). The van der Waals surface area contributed by atoms with Crippen molar-refractivity contribution in [3.05, 3.63) is 101 Å². The first kappa shape index (κ1) is 18.9. The molecule has 1 unspecified atom stereocenters. The highest BCUT2D eigenvalue weighted by Crippen LogP contribution is 2.26. The molecule has 0 saturated carbocycles. The second kappa shape index (κ2) is 7.89. The predicted molar refractivity (Wildman–Crippen MR) is 111 cm³/mol. The summed E-state index contributed by atoms with van der Waals surface area (Å²) in [7, 11) is 0. The Morgan fingerprint density at radius 1 is 0.828 bits per heavy atom. The van der Waals surface area contributed by atoms with Gasteiger partial charge in [0.2, 0.25) is 5.91 Å². The molecule has 1 aliphatic heterocycles. The van der Waals surface area contributed by atoms with E-state index in [1.807, 2.05) is 30.3 Å². The number of carbonyl (C=O) groups is 3. The molecule has 0 fully saturated rings. The SMILES string of the molecule is O=C(Nc1ccc(Cl)cc1)C(Cc1ccccc1)N1C(=O)c2ccccc2C1=O. The third-order valence-corrected chi connectivity index (χ3v) is 5.08. The maximum atomic E-state index is 13.1. The van der Waals surface area contributed by atoms with Crippen LogP contribution in [0.5, 0.6) is 0 Å². The normalized spacial score (nSPS) is 13.9. The molecule has 0 radical (unpaired) electrons. The zero-order chi connectivity index (χ0) is 20.4. The minimum Gasteiger partial charge on any atom is -0.324 e. The van der Waals surface area contributed by atoms with Gasteiger partial charge in [-0.25, -0.2) is 0 Å². The van der Waals surface area contributed by atoms with E-state index in [0.29, 0.717) is 21.8 Å². The van der Waals surface area contributed by atoms with E-state index in [1.165, 1.54) is 0 Å². The first-order valence-corrected chi connectivity index (χ1v) is 9.49. The van der Waals surface area contributed by atoms with Gasteiger partial charge in [0.05, 0.1) is 11.1 Å². The summed E-state index contributed by atoms with van der Waals surface area (Å²) < 4.78 is 0. The first-order chi connectivity index (χ1) is 14.0. The number of hydrogen-bond donors (Lipinski definition) is 1. The van der Waals surface area contributed by atoms with E-state index in [1.54, 1.807) is 48.5 Å². The molecule has 5 nitrogen and oxygen atoms in total. The van der Waals surface area contributed by atoms with Crippen molar-refractivity contribution in [1.29, 1.82) is 0 Å². The van der Waals surface area contributed by atoms with Gasteiger partial charge >= 0.3 is 0 Å². The Hall–Kier alpha value is -3.44. The molecule has 1 atom stereocenters. The molecular weight excluding hydrogens is 388 g/mol. The van der Waals surface area contributed by atoms with Crippen molar-refractivity contribution in [2.45, 2.75) is 12.5 Å². The number of fused-ring (bicyclic) bond motifs is 1. The van der Waals surface area contributed by atoms with Crippen LogP contribution in [-0.4, -0.2) is 28.7 Å². The smallest absolute Gasteiger partial charge is 0.262 e. The second-order valence-electron chi connectivity index (χ2n) is 6.73. The summed E-state index contributed by atoms with van der Waals surface area (Å²) in [5.41, 5.74) is 2.01. The highest BCUT2D eigenvalue weighted by atomic mass is 35.5. The van der Waals surface area contributed by atoms with Crippen molar-refractivity contribution in [3.8, 4) is 0 Å². The number of benzene rings is 3. The fraction of sp³-hybridized carbons (Fsp3) is 0.0870. The molecule has 144 valence electrons. The highest BCUT2D eigenvalue weighted by Gasteiger charge is 2.42. The van der Waals surface area contributed by atoms with Crippen LogP contribution in [0.4, 0.5) is 5.69 Å². The zero-order valence-corrected chi connectivity index (χ0v) is 16.1. The minimum atomic E-state index is -0.986. The number of imide groups is 1. The topological polar surface area (TPSA) is 66.5 Å². The number of carbonyl (C=O) groups excluding carboxylic acids is 3. The van der Waals surface area contributed by atoms with Gasteiger partial charge in [-0.05, 0) is 42.0 Å². The summed E-state index contributed by atoms with van der Waals surface area (Å²) >= 11 is 5.90. The first-order valence-electron chi connectivity index (χ1n) is 9.12. The van der Waals surface area contributed by atoms with Crippen LogP contribution in [0.3, 0.4) is 0 Å². The molecule has 0 saturated heterocycles. The van der Waals surface area contributed by atoms with Gasteiger partial charge < -0.3 is 5.32 Å². The molecule has 29 heavy (non-hydrogen) atoms. The molecule has 0 aromatic heterocycles. The molecule has 3 amide bonds. The van der Waals surface area contributed by atoms with Gasteiger partial charge in [-0.1, -0.05) is 54.1 Å². The Labute approximate surface area is 172 Å². The van der Waals surface area contributed by atoms with Crippen molar-refractivity contribution >= 4 is 35.0 Å². The van der Waals surface area contributed by atoms with E-state index in [2.05, 4.69) is 5.32 Å².